The normalized spacial score (nSPS) is 12.8. The van der Waals surface area contributed by atoms with Gasteiger partial charge >= 0.3 is 5.97 Å². The average Bonchev–Trinajstić information content (AvgIpc) is 2.36. The van der Waals surface area contributed by atoms with Gasteiger partial charge in [-0.25, -0.2) is 4.79 Å². The summed E-state index contributed by atoms with van der Waals surface area (Å²) in [5.41, 5.74) is 7.80. The molecule has 1 atom stereocenters. The maximum Gasteiger partial charge on any atom is 0.340 e. The molecule has 0 aromatic heterocycles. The molecule has 20 heavy (non-hydrogen) atoms. The molecule has 0 aliphatic carbocycles. The highest BCUT2D eigenvalue weighted by atomic mass is 16.5. The van der Waals surface area contributed by atoms with Crippen LogP contribution >= 0.6 is 0 Å². The SMILES string of the molecule is CCOC(=O)c1cc(NCC(C)C(C)(C)C)ccc1N. The number of nitrogens with two attached hydrogens (primary N) is 1. The number of carbonyl (C=O) groups excluding carboxylic acids is 1. The van der Waals surface area contributed by atoms with Gasteiger partial charge in [0, 0.05) is 17.9 Å². The van der Waals surface area contributed by atoms with Crippen molar-refractivity contribution >= 4 is 17.3 Å². The third-order valence-corrected chi connectivity index (χ3v) is 3.64. The van der Waals surface area contributed by atoms with E-state index in [4.69, 9.17) is 10.5 Å². The molecule has 0 radical (unpaired) electrons. The van der Waals surface area contributed by atoms with E-state index < -0.39 is 0 Å². The van der Waals surface area contributed by atoms with Crippen molar-refractivity contribution in [1.82, 2.24) is 0 Å². The summed E-state index contributed by atoms with van der Waals surface area (Å²) in [6.45, 7) is 11.8. The van der Waals surface area contributed by atoms with Gasteiger partial charge in [-0.2, -0.15) is 0 Å². The third kappa shape index (κ3) is 4.44. The number of ether oxygens (including phenoxy) is 1. The number of benzene rings is 1. The third-order valence-electron chi connectivity index (χ3n) is 3.64. The highest BCUT2D eigenvalue weighted by Crippen LogP contribution is 2.26. The highest BCUT2D eigenvalue weighted by molar-refractivity contribution is 5.96. The first-order valence-corrected chi connectivity index (χ1v) is 7.06. The molecule has 1 unspecified atom stereocenters. The van der Waals surface area contributed by atoms with E-state index in [-0.39, 0.29) is 11.4 Å². The fourth-order valence-electron chi connectivity index (χ4n) is 1.63. The van der Waals surface area contributed by atoms with Crippen molar-refractivity contribution in [3.63, 3.8) is 0 Å². The Bertz CT molecular complexity index is 464. The number of rotatable bonds is 5. The van der Waals surface area contributed by atoms with Gasteiger partial charge in [0.25, 0.3) is 0 Å². The summed E-state index contributed by atoms with van der Waals surface area (Å²) < 4.78 is 5.00. The lowest BCUT2D eigenvalue weighted by Gasteiger charge is -2.27. The predicted octanol–water partition coefficient (Wildman–Crippen LogP) is 3.54. The molecule has 0 saturated carbocycles. The Hall–Kier alpha value is -1.71. The average molecular weight is 278 g/mol. The van der Waals surface area contributed by atoms with Crippen LogP contribution in [0.4, 0.5) is 11.4 Å². The summed E-state index contributed by atoms with van der Waals surface area (Å²) in [4.78, 5) is 11.8. The fourth-order valence-corrected chi connectivity index (χ4v) is 1.63. The Morgan fingerprint density at radius 3 is 2.60 bits per heavy atom. The molecule has 0 aliphatic heterocycles. The highest BCUT2D eigenvalue weighted by Gasteiger charge is 2.19. The predicted molar refractivity (Wildman–Crippen MR) is 83.9 cm³/mol. The van der Waals surface area contributed by atoms with E-state index in [9.17, 15) is 4.79 Å². The first-order valence-electron chi connectivity index (χ1n) is 7.06. The van der Waals surface area contributed by atoms with Crippen molar-refractivity contribution in [2.75, 3.05) is 24.2 Å². The molecule has 0 spiro atoms. The van der Waals surface area contributed by atoms with Crippen LogP contribution in [0.5, 0.6) is 0 Å². The number of hydrogen-bond acceptors (Lipinski definition) is 4. The first-order chi connectivity index (χ1) is 9.25. The van der Waals surface area contributed by atoms with Crippen molar-refractivity contribution in [3.05, 3.63) is 23.8 Å². The second-order valence-corrected chi connectivity index (χ2v) is 6.17. The molecule has 0 fully saturated rings. The van der Waals surface area contributed by atoms with Gasteiger partial charge < -0.3 is 15.8 Å². The molecule has 1 aromatic carbocycles. The monoisotopic (exact) mass is 278 g/mol. The Balaban J connectivity index is 2.78. The molecule has 0 bridgehead atoms. The smallest absolute Gasteiger partial charge is 0.340 e. The zero-order valence-corrected chi connectivity index (χ0v) is 13.1. The van der Waals surface area contributed by atoms with Crippen LogP contribution in [0.25, 0.3) is 0 Å². The number of anilines is 2. The summed E-state index contributed by atoms with van der Waals surface area (Å²) >= 11 is 0. The molecule has 0 saturated heterocycles. The van der Waals surface area contributed by atoms with Gasteiger partial charge in [0.2, 0.25) is 0 Å². The zero-order valence-electron chi connectivity index (χ0n) is 13.1. The quantitative estimate of drug-likeness (QED) is 0.638. The minimum Gasteiger partial charge on any atom is -0.462 e. The lowest BCUT2D eigenvalue weighted by Crippen LogP contribution is -2.24. The van der Waals surface area contributed by atoms with Crippen LogP contribution in [-0.4, -0.2) is 19.1 Å². The van der Waals surface area contributed by atoms with Crippen LogP contribution < -0.4 is 11.1 Å². The lowest BCUT2D eigenvalue weighted by molar-refractivity contribution is 0.0527. The molecule has 0 amide bonds. The molecule has 1 aromatic rings. The van der Waals surface area contributed by atoms with Crippen molar-refractivity contribution in [3.8, 4) is 0 Å². The summed E-state index contributed by atoms with van der Waals surface area (Å²) in [6, 6.07) is 5.37. The second kappa shape index (κ2) is 6.64. The van der Waals surface area contributed by atoms with Crippen LogP contribution in [0.15, 0.2) is 18.2 Å². The molecular formula is C16H26N2O2. The Labute approximate surface area is 121 Å². The molecular weight excluding hydrogens is 252 g/mol. The van der Waals surface area contributed by atoms with E-state index in [1.807, 2.05) is 6.07 Å². The van der Waals surface area contributed by atoms with Gasteiger partial charge in [-0.3, -0.25) is 0 Å². The number of hydrogen-bond donors (Lipinski definition) is 2. The lowest BCUT2D eigenvalue weighted by atomic mass is 9.82. The topological polar surface area (TPSA) is 64.3 Å². The largest absolute Gasteiger partial charge is 0.462 e. The van der Waals surface area contributed by atoms with Gasteiger partial charge in [0.05, 0.1) is 12.2 Å². The molecule has 1 rings (SSSR count). The van der Waals surface area contributed by atoms with Gasteiger partial charge in [-0.05, 0) is 36.5 Å². The molecule has 112 valence electrons. The van der Waals surface area contributed by atoms with Gasteiger partial charge in [-0.15, -0.1) is 0 Å². The summed E-state index contributed by atoms with van der Waals surface area (Å²) in [5.74, 6) is 0.128. The van der Waals surface area contributed by atoms with Crippen LogP contribution in [-0.2, 0) is 4.74 Å². The number of nitrogens with one attached hydrogen (secondary N) is 1. The fraction of sp³-hybridized carbons (Fsp3) is 0.562. The minimum absolute atomic E-state index is 0.241. The van der Waals surface area contributed by atoms with E-state index in [0.29, 0.717) is 23.8 Å². The summed E-state index contributed by atoms with van der Waals surface area (Å²) in [5, 5.41) is 3.35. The van der Waals surface area contributed by atoms with E-state index in [1.165, 1.54) is 0 Å². The maximum absolute atomic E-state index is 11.8. The van der Waals surface area contributed by atoms with E-state index >= 15 is 0 Å². The van der Waals surface area contributed by atoms with Crippen LogP contribution in [0, 0.1) is 11.3 Å². The van der Waals surface area contributed by atoms with Crippen LogP contribution in [0.1, 0.15) is 45.0 Å². The van der Waals surface area contributed by atoms with Gasteiger partial charge in [-0.1, -0.05) is 27.7 Å². The molecule has 4 nitrogen and oxygen atoms in total. The molecule has 3 N–H and O–H groups in total. The van der Waals surface area contributed by atoms with Gasteiger partial charge in [0.1, 0.15) is 0 Å². The van der Waals surface area contributed by atoms with Crippen LogP contribution in [0.2, 0.25) is 0 Å². The van der Waals surface area contributed by atoms with Crippen molar-refractivity contribution in [2.45, 2.75) is 34.6 Å². The van der Waals surface area contributed by atoms with Crippen molar-refractivity contribution < 1.29 is 9.53 Å². The minimum atomic E-state index is -0.377. The molecule has 4 heteroatoms. The maximum atomic E-state index is 11.8. The number of carbonyl (C=O) groups is 1. The zero-order chi connectivity index (χ0) is 15.3. The second-order valence-electron chi connectivity index (χ2n) is 6.17. The Kier molecular flexibility index (Phi) is 5.43. The molecule has 0 heterocycles. The standard InChI is InChI=1S/C16H26N2O2/c1-6-20-15(19)13-9-12(7-8-14(13)17)18-10-11(2)16(3,4)5/h7-9,11,18H,6,10,17H2,1-5H3. The Morgan fingerprint density at radius 1 is 1.40 bits per heavy atom. The first kappa shape index (κ1) is 16.3. The molecule has 0 aliphatic rings. The van der Waals surface area contributed by atoms with E-state index in [1.54, 1.807) is 19.1 Å². The number of nitrogen functional groups attached to an aromatic ring is 1. The van der Waals surface area contributed by atoms with Crippen molar-refractivity contribution in [1.29, 1.82) is 0 Å². The van der Waals surface area contributed by atoms with Crippen LogP contribution in [0.3, 0.4) is 0 Å². The van der Waals surface area contributed by atoms with Gasteiger partial charge in [0.15, 0.2) is 0 Å². The summed E-state index contributed by atoms with van der Waals surface area (Å²) in [7, 11) is 0. The van der Waals surface area contributed by atoms with E-state index in [0.717, 1.165) is 12.2 Å². The number of esters is 1. The van der Waals surface area contributed by atoms with Crippen molar-refractivity contribution in [2.24, 2.45) is 11.3 Å². The summed E-state index contributed by atoms with van der Waals surface area (Å²) in [6.07, 6.45) is 0. The Morgan fingerprint density at radius 2 is 2.05 bits per heavy atom. The van der Waals surface area contributed by atoms with E-state index in [2.05, 4.69) is 33.0 Å².